The van der Waals surface area contributed by atoms with Crippen molar-refractivity contribution in [2.75, 3.05) is 54.0 Å². The molecule has 29 heavy (non-hydrogen) atoms. The first-order valence-electron chi connectivity index (χ1n) is 10.0. The number of ether oxygens (including phenoxy) is 2. The van der Waals surface area contributed by atoms with Gasteiger partial charge in [-0.25, -0.2) is 0 Å². The largest absolute Gasteiger partial charge is 0.492 e. The molecule has 0 spiro atoms. The molecule has 1 aliphatic rings. The van der Waals surface area contributed by atoms with E-state index in [1.807, 2.05) is 39.2 Å². The van der Waals surface area contributed by atoms with Crippen LogP contribution in [0.15, 0.2) is 29.3 Å². The highest BCUT2D eigenvalue weighted by Gasteiger charge is 2.27. The van der Waals surface area contributed by atoms with Crippen LogP contribution in [0.4, 0.5) is 0 Å². The number of halogens is 1. The predicted molar refractivity (Wildman–Crippen MR) is 127 cm³/mol. The standard InChI is InChI=1S/C21H34N4O3.HI/c1-5-27-20(26)17-10-12-25(13-11-17)21(22-2)23-16-18-8-6-7-9-19(18)28-15-14-24(3)4;/h6-9,17H,5,10-16H2,1-4H3,(H,22,23);1H. The zero-order valence-corrected chi connectivity index (χ0v) is 20.3. The van der Waals surface area contributed by atoms with E-state index in [9.17, 15) is 4.79 Å². The molecule has 0 aliphatic carbocycles. The van der Waals surface area contributed by atoms with E-state index in [2.05, 4.69) is 26.2 Å². The molecule has 0 atom stereocenters. The summed E-state index contributed by atoms with van der Waals surface area (Å²) in [4.78, 5) is 20.6. The minimum Gasteiger partial charge on any atom is -0.492 e. The highest BCUT2D eigenvalue weighted by Crippen LogP contribution is 2.20. The molecule has 0 radical (unpaired) electrons. The molecule has 7 nitrogen and oxygen atoms in total. The molecule has 1 fully saturated rings. The molecule has 1 saturated heterocycles. The predicted octanol–water partition coefficient (Wildman–Crippen LogP) is 2.60. The average molecular weight is 518 g/mol. The molecular formula is C21H35IN4O3. The number of carbonyl (C=O) groups excluding carboxylic acids is 1. The van der Waals surface area contributed by atoms with Crippen LogP contribution in [0.2, 0.25) is 0 Å². The van der Waals surface area contributed by atoms with Crippen molar-refractivity contribution >= 4 is 35.9 Å². The van der Waals surface area contributed by atoms with E-state index in [-0.39, 0.29) is 35.9 Å². The van der Waals surface area contributed by atoms with Crippen LogP contribution in [0.3, 0.4) is 0 Å². The van der Waals surface area contributed by atoms with Gasteiger partial charge in [-0.3, -0.25) is 9.79 Å². The Labute approximate surface area is 191 Å². The van der Waals surface area contributed by atoms with Crippen molar-refractivity contribution < 1.29 is 14.3 Å². The first kappa shape index (κ1) is 25.5. The lowest BCUT2D eigenvalue weighted by Crippen LogP contribution is -2.46. The Morgan fingerprint density at radius 1 is 1.28 bits per heavy atom. The number of hydrogen-bond donors (Lipinski definition) is 1. The minimum atomic E-state index is -0.0751. The number of esters is 1. The van der Waals surface area contributed by atoms with Gasteiger partial charge < -0.3 is 24.6 Å². The summed E-state index contributed by atoms with van der Waals surface area (Å²) in [5.41, 5.74) is 1.10. The Morgan fingerprint density at radius 3 is 2.59 bits per heavy atom. The van der Waals surface area contributed by atoms with E-state index in [0.717, 1.165) is 49.7 Å². The lowest BCUT2D eigenvalue weighted by Gasteiger charge is -2.33. The van der Waals surface area contributed by atoms with Gasteiger partial charge in [-0.05, 0) is 39.9 Å². The van der Waals surface area contributed by atoms with Crippen molar-refractivity contribution in [1.29, 1.82) is 0 Å². The first-order chi connectivity index (χ1) is 13.5. The number of nitrogens with one attached hydrogen (secondary N) is 1. The van der Waals surface area contributed by atoms with Crippen LogP contribution in [0.5, 0.6) is 5.75 Å². The highest BCUT2D eigenvalue weighted by molar-refractivity contribution is 14.0. The summed E-state index contributed by atoms with van der Waals surface area (Å²) in [5, 5.41) is 3.43. The van der Waals surface area contributed by atoms with Crippen LogP contribution >= 0.6 is 24.0 Å². The highest BCUT2D eigenvalue weighted by atomic mass is 127. The molecule has 1 aromatic carbocycles. The van der Waals surface area contributed by atoms with Gasteiger partial charge in [0.15, 0.2) is 5.96 Å². The molecule has 0 saturated carbocycles. The number of rotatable bonds is 8. The van der Waals surface area contributed by atoms with Crippen LogP contribution in [0.1, 0.15) is 25.3 Å². The van der Waals surface area contributed by atoms with Gasteiger partial charge in [-0.1, -0.05) is 18.2 Å². The van der Waals surface area contributed by atoms with E-state index in [1.165, 1.54) is 0 Å². The van der Waals surface area contributed by atoms with E-state index in [4.69, 9.17) is 9.47 Å². The fourth-order valence-corrected chi connectivity index (χ4v) is 3.22. The van der Waals surface area contributed by atoms with Crippen molar-refractivity contribution in [3.63, 3.8) is 0 Å². The summed E-state index contributed by atoms with van der Waals surface area (Å²) >= 11 is 0. The third kappa shape index (κ3) is 8.38. The van der Waals surface area contributed by atoms with Gasteiger partial charge in [-0.15, -0.1) is 24.0 Å². The zero-order valence-electron chi connectivity index (χ0n) is 18.0. The fraction of sp³-hybridized carbons (Fsp3) is 0.619. The molecule has 0 unspecified atom stereocenters. The summed E-state index contributed by atoms with van der Waals surface area (Å²) in [5.74, 6) is 1.67. The monoisotopic (exact) mass is 518 g/mol. The number of aliphatic imine (C=N–C) groups is 1. The number of likely N-dealkylation sites (N-methyl/N-ethyl adjacent to an activating group) is 1. The molecule has 0 bridgehead atoms. The molecule has 1 aromatic rings. The molecule has 1 heterocycles. The molecule has 8 heteroatoms. The SMILES string of the molecule is CCOC(=O)C1CCN(C(=NC)NCc2ccccc2OCCN(C)C)CC1.I. The lowest BCUT2D eigenvalue weighted by atomic mass is 9.97. The van der Waals surface area contributed by atoms with Crippen LogP contribution in [0, 0.1) is 5.92 Å². The van der Waals surface area contributed by atoms with E-state index < -0.39 is 0 Å². The minimum absolute atomic E-state index is 0. The van der Waals surface area contributed by atoms with Crippen molar-refractivity contribution in [2.24, 2.45) is 10.9 Å². The fourth-order valence-electron chi connectivity index (χ4n) is 3.22. The number of para-hydroxylation sites is 1. The zero-order chi connectivity index (χ0) is 20.4. The van der Waals surface area contributed by atoms with Crippen LogP contribution in [0.25, 0.3) is 0 Å². The Balaban J connectivity index is 0.00000420. The lowest BCUT2D eigenvalue weighted by molar-refractivity contribution is -0.149. The van der Waals surface area contributed by atoms with Crippen LogP contribution in [-0.4, -0.2) is 75.7 Å². The average Bonchev–Trinajstić information content (AvgIpc) is 2.70. The second-order valence-corrected chi connectivity index (χ2v) is 7.17. The van der Waals surface area contributed by atoms with Crippen molar-refractivity contribution in [3.05, 3.63) is 29.8 Å². The number of guanidine groups is 1. The van der Waals surface area contributed by atoms with Gasteiger partial charge in [-0.2, -0.15) is 0 Å². The summed E-state index contributed by atoms with van der Waals surface area (Å²) in [7, 11) is 5.86. The van der Waals surface area contributed by atoms with Gasteiger partial charge in [0.25, 0.3) is 0 Å². The van der Waals surface area contributed by atoms with Gasteiger partial charge in [0.2, 0.25) is 0 Å². The van der Waals surface area contributed by atoms with E-state index in [1.54, 1.807) is 7.05 Å². The second-order valence-electron chi connectivity index (χ2n) is 7.17. The smallest absolute Gasteiger partial charge is 0.309 e. The summed E-state index contributed by atoms with van der Waals surface area (Å²) in [6, 6.07) is 8.07. The number of hydrogen-bond acceptors (Lipinski definition) is 5. The second kappa shape index (κ2) is 13.6. The number of benzene rings is 1. The summed E-state index contributed by atoms with van der Waals surface area (Å²) < 4.78 is 11.1. The van der Waals surface area contributed by atoms with Crippen LogP contribution < -0.4 is 10.1 Å². The van der Waals surface area contributed by atoms with Crippen molar-refractivity contribution in [1.82, 2.24) is 15.1 Å². The maximum Gasteiger partial charge on any atom is 0.309 e. The Morgan fingerprint density at radius 2 is 1.97 bits per heavy atom. The van der Waals surface area contributed by atoms with E-state index in [0.29, 0.717) is 19.8 Å². The van der Waals surface area contributed by atoms with Gasteiger partial charge in [0.1, 0.15) is 12.4 Å². The van der Waals surface area contributed by atoms with Gasteiger partial charge >= 0.3 is 5.97 Å². The van der Waals surface area contributed by atoms with Crippen molar-refractivity contribution in [2.45, 2.75) is 26.3 Å². The molecule has 0 amide bonds. The number of nitrogens with zero attached hydrogens (tertiary/aromatic N) is 3. The molecule has 1 aliphatic heterocycles. The van der Waals surface area contributed by atoms with Crippen LogP contribution in [-0.2, 0) is 16.1 Å². The normalized spacial score (nSPS) is 15.1. The Hall–Kier alpha value is -1.55. The maximum absolute atomic E-state index is 11.9. The molecule has 1 N–H and O–H groups in total. The molecule has 2 rings (SSSR count). The summed E-state index contributed by atoms with van der Waals surface area (Å²) in [6.45, 7) is 6.05. The third-order valence-corrected chi connectivity index (χ3v) is 4.83. The molecular weight excluding hydrogens is 483 g/mol. The Bertz CT molecular complexity index is 647. The number of piperidine rings is 1. The van der Waals surface area contributed by atoms with Crippen molar-refractivity contribution in [3.8, 4) is 5.75 Å². The quantitative estimate of drug-likeness (QED) is 0.247. The van der Waals surface area contributed by atoms with Gasteiger partial charge in [0.05, 0.1) is 12.5 Å². The first-order valence-corrected chi connectivity index (χ1v) is 10.0. The topological polar surface area (TPSA) is 66.4 Å². The molecule has 0 aromatic heterocycles. The number of carbonyl (C=O) groups is 1. The van der Waals surface area contributed by atoms with E-state index >= 15 is 0 Å². The summed E-state index contributed by atoms with van der Waals surface area (Å²) in [6.07, 6.45) is 1.59. The maximum atomic E-state index is 11.9. The van der Waals surface area contributed by atoms with Gasteiger partial charge in [0, 0.05) is 38.8 Å². The third-order valence-electron chi connectivity index (χ3n) is 4.83. The molecule has 164 valence electrons. The number of likely N-dealkylation sites (tertiary alicyclic amines) is 1. The Kier molecular flexibility index (Phi) is 12.0.